The molecule has 3 aromatic rings. The number of hydrogen-bond donors (Lipinski definition) is 0. The van der Waals surface area contributed by atoms with Crippen molar-refractivity contribution in [2.24, 2.45) is 0 Å². The predicted octanol–water partition coefficient (Wildman–Crippen LogP) is 4.13. The Morgan fingerprint density at radius 1 is 1.18 bits per heavy atom. The zero-order valence-corrected chi connectivity index (χ0v) is 18.1. The highest BCUT2D eigenvalue weighted by Crippen LogP contribution is 2.26. The number of thiazole rings is 1. The van der Waals surface area contributed by atoms with E-state index >= 15 is 0 Å². The Morgan fingerprint density at radius 3 is 2.71 bits per heavy atom. The molecular formula is C19H22ClN5OS2. The van der Waals surface area contributed by atoms with Gasteiger partial charge in [-0.1, -0.05) is 35.5 Å². The quantitative estimate of drug-likeness (QED) is 0.520. The van der Waals surface area contributed by atoms with E-state index in [4.69, 9.17) is 21.3 Å². The van der Waals surface area contributed by atoms with Gasteiger partial charge in [-0.3, -0.25) is 4.57 Å². The molecule has 3 heterocycles. The summed E-state index contributed by atoms with van der Waals surface area (Å²) in [6.07, 6.45) is 0.832. The molecule has 0 unspecified atom stereocenters. The molecule has 0 spiro atoms. The van der Waals surface area contributed by atoms with Crippen LogP contribution in [0.2, 0.25) is 5.02 Å². The van der Waals surface area contributed by atoms with Gasteiger partial charge in [0.05, 0.1) is 23.9 Å². The number of thioether (sulfide) groups is 1. The van der Waals surface area contributed by atoms with E-state index in [1.165, 1.54) is 5.56 Å². The summed E-state index contributed by atoms with van der Waals surface area (Å²) in [7, 11) is 0. The molecule has 0 N–H and O–H groups in total. The van der Waals surface area contributed by atoms with Gasteiger partial charge in [-0.25, -0.2) is 4.98 Å². The maximum Gasteiger partial charge on any atom is 0.228 e. The molecule has 148 valence electrons. The summed E-state index contributed by atoms with van der Waals surface area (Å²) < 4.78 is 7.62. The molecule has 0 radical (unpaired) electrons. The molecule has 0 atom stereocenters. The van der Waals surface area contributed by atoms with Crippen molar-refractivity contribution >= 4 is 40.6 Å². The summed E-state index contributed by atoms with van der Waals surface area (Å²) >= 11 is 9.34. The van der Waals surface area contributed by atoms with E-state index in [1.807, 2.05) is 12.1 Å². The Bertz CT molecular complexity index is 905. The second-order valence-electron chi connectivity index (χ2n) is 6.45. The average Bonchev–Trinajstić information content (AvgIpc) is 3.35. The summed E-state index contributed by atoms with van der Waals surface area (Å²) in [4.78, 5) is 7.02. The number of ether oxygens (including phenoxy) is 1. The Kier molecular flexibility index (Phi) is 6.51. The molecule has 1 aromatic carbocycles. The van der Waals surface area contributed by atoms with Gasteiger partial charge in [0, 0.05) is 42.2 Å². The molecule has 6 nitrogen and oxygen atoms in total. The van der Waals surface area contributed by atoms with E-state index in [1.54, 1.807) is 23.1 Å². The van der Waals surface area contributed by atoms with Gasteiger partial charge < -0.3 is 9.64 Å². The Labute approximate surface area is 177 Å². The van der Waals surface area contributed by atoms with Crippen molar-refractivity contribution in [1.82, 2.24) is 19.7 Å². The van der Waals surface area contributed by atoms with E-state index in [0.29, 0.717) is 0 Å². The molecule has 0 aliphatic carbocycles. The van der Waals surface area contributed by atoms with E-state index < -0.39 is 0 Å². The molecule has 0 bridgehead atoms. The summed E-state index contributed by atoms with van der Waals surface area (Å²) in [6.45, 7) is 6.19. The lowest BCUT2D eigenvalue weighted by molar-refractivity contribution is 0.121. The Hall–Kier alpha value is -1.61. The van der Waals surface area contributed by atoms with Crippen molar-refractivity contribution in [3.63, 3.8) is 0 Å². The minimum absolute atomic E-state index is 0.744. The van der Waals surface area contributed by atoms with Crippen molar-refractivity contribution in [1.29, 1.82) is 0 Å². The van der Waals surface area contributed by atoms with Crippen LogP contribution in [0.3, 0.4) is 0 Å². The first kappa shape index (κ1) is 19.7. The largest absolute Gasteiger partial charge is 0.378 e. The minimum atomic E-state index is 0.744. The van der Waals surface area contributed by atoms with Gasteiger partial charge >= 0.3 is 0 Å². The van der Waals surface area contributed by atoms with Gasteiger partial charge in [0.25, 0.3) is 0 Å². The van der Waals surface area contributed by atoms with Crippen LogP contribution in [0.4, 0.5) is 5.95 Å². The van der Waals surface area contributed by atoms with Gasteiger partial charge in [0.2, 0.25) is 5.95 Å². The standard InChI is InChI=1S/C19H22ClN5OS2/c1-2-25-18(24-7-9-26-10-8-24)22-23-19(25)28-13-16-12-27-17(21-16)11-14-3-5-15(20)6-4-14/h3-6,12H,2,7-11,13H2,1H3. The number of nitrogens with zero attached hydrogens (tertiary/aromatic N) is 5. The highest BCUT2D eigenvalue weighted by molar-refractivity contribution is 7.98. The zero-order chi connectivity index (χ0) is 19.3. The Balaban J connectivity index is 1.39. The van der Waals surface area contributed by atoms with Gasteiger partial charge in [0.15, 0.2) is 5.16 Å². The molecule has 0 amide bonds. The van der Waals surface area contributed by atoms with Crippen molar-refractivity contribution in [2.45, 2.75) is 30.8 Å². The van der Waals surface area contributed by atoms with E-state index in [0.717, 1.165) is 71.9 Å². The average molecular weight is 436 g/mol. The molecule has 1 aliphatic heterocycles. The third kappa shape index (κ3) is 4.68. The van der Waals surface area contributed by atoms with E-state index in [-0.39, 0.29) is 0 Å². The molecule has 0 saturated carbocycles. The number of morpholine rings is 1. The fraction of sp³-hybridized carbons (Fsp3) is 0.421. The molecule has 1 saturated heterocycles. The number of aromatic nitrogens is 4. The monoisotopic (exact) mass is 435 g/mol. The van der Waals surface area contributed by atoms with Crippen LogP contribution in [-0.2, 0) is 23.5 Å². The number of rotatable bonds is 7. The minimum Gasteiger partial charge on any atom is -0.378 e. The van der Waals surface area contributed by atoms with Crippen molar-refractivity contribution in [2.75, 3.05) is 31.2 Å². The van der Waals surface area contributed by atoms with E-state index in [9.17, 15) is 0 Å². The molecular weight excluding hydrogens is 414 g/mol. The first-order valence-electron chi connectivity index (χ1n) is 9.29. The highest BCUT2D eigenvalue weighted by Gasteiger charge is 2.20. The maximum absolute atomic E-state index is 5.96. The Morgan fingerprint density at radius 2 is 1.96 bits per heavy atom. The normalized spacial score (nSPS) is 14.6. The van der Waals surface area contributed by atoms with Gasteiger partial charge in [0.1, 0.15) is 0 Å². The third-order valence-corrected chi connectivity index (χ3v) is 6.67. The lowest BCUT2D eigenvalue weighted by Gasteiger charge is -2.27. The number of benzene rings is 1. The van der Waals surface area contributed by atoms with Crippen LogP contribution in [0.1, 0.15) is 23.2 Å². The second kappa shape index (κ2) is 9.26. The molecule has 4 rings (SSSR count). The fourth-order valence-electron chi connectivity index (χ4n) is 3.07. The van der Waals surface area contributed by atoms with Crippen LogP contribution in [0, 0.1) is 0 Å². The maximum atomic E-state index is 5.96. The molecule has 9 heteroatoms. The van der Waals surface area contributed by atoms with Gasteiger partial charge in [-0.05, 0) is 24.6 Å². The zero-order valence-electron chi connectivity index (χ0n) is 15.7. The van der Waals surface area contributed by atoms with Crippen LogP contribution >= 0.6 is 34.7 Å². The molecule has 28 heavy (non-hydrogen) atoms. The third-order valence-electron chi connectivity index (χ3n) is 4.52. The van der Waals surface area contributed by atoms with Crippen LogP contribution in [-0.4, -0.2) is 46.1 Å². The second-order valence-corrected chi connectivity index (χ2v) is 8.77. The van der Waals surface area contributed by atoms with Crippen LogP contribution in [0.5, 0.6) is 0 Å². The topological polar surface area (TPSA) is 56.1 Å². The van der Waals surface area contributed by atoms with Crippen LogP contribution in [0.15, 0.2) is 34.8 Å². The fourth-order valence-corrected chi connectivity index (χ4v) is 5.02. The summed E-state index contributed by atoms with van der Waals surface area (Å²) in [6, 6.07) is 7.94. The van der Waals surface area contributed by atoms with Crippen LogP contribution < -0.4 is 4.90 Å². The smallest absolute Gasteiger partial charge is 0.228 e. The first-order chi connectivity index (χ1) is 13.7. The van der Waals surface area contributed by atoms with Crippen molar-refractivity contribution in [3.05, 3.63) is 50.9 Å². The summed E-state index contributed by atoms with van der Waals surface area (Å²) in [5.41, 5.74) is 2.30. The first-order valence-corrected chi connectivity index (χ1v) is 11.5. The lowest BCUT2D eigenvalue weighted by atomic mass is 10.2. The summed E-state index contributed by atoms with van der Waals surface area (Å²) in [5, 5.41) is 13.8. The van der Waals surface area contributed by atoms with Gasteiger partial charge in [-0.2, -0.15) is 0 Å². The van der Waals surface area contributed by atoms with Crippen molar-refractivity contribution < 1.29 is 4.74 Å². The highest BCUT2D eigenvalue weighted by atomic mass is 35.5. The molecule has 2 aromatic heterocycles. The summed E-state index contributed by atoms with van der Waals surface area (Å²) in [5.74, 6) is 1.73. The SMILES string of the molecule is CCn1c(SCc2csc(Cc3ccc(Cl)cc3)n2)nnc1N1CCOCC1. The lowest BCUT2D eigenvalue weighted by Crippen LogP contribution is -2.38. The van der Waals surface area contributed by atoms with Crippen LogP contribution in [0.25, 0.3) is 0 Å². The molecule has 1 fully saturated rings. The number of hydrogen-bond acceptors (Lipinski definition) is 7. The number of anilines is 1. The number of halogens is 1. The molecule has 1 aliphatic rings. The van der Waals surface area contributed by atoms with Gasteiger partial charge in [-0.15, -0.1) is 21.5 Å². The van der Waals surface area contributed by atoms with Crippen molar-refractivity contribution in [3.8, 4) is 0 Å². The van der Waals surface area contributed by atoms with E-state index in [2.05, 4.69) is 44.1 Å². The predicted molar refractivity (Wildman–Crippen MR) is 115 cm³/mol.